The SMILES string of the molecule is FC(F)(F)C(F)(F)C(F)(F)N/N=C\c1cc(Br)cc(Br)c1OCc1ccc(Cl)cc1Cl. The minimum Gasteiger partial charge on any atom is -0.487 e. The van der Waals surface area contributed by atoms with E-state index in [4.69, 9.17) is 27.9 Å². The Balaban J connectivity index is 2.26. The van der Waals surface area contributed by atoms with Crippen LogP contribution in [0.2, 0.25) is 10.0 Å². The average Bonchev–Trinajstić information content (AvgIpc) is 2.61. The number of benzene rings is 2. The van der Waals surface area contributed by atoms with Gasteiger partial charge in [0.2, 0.25) is 0 Å². The molecule has 0 atom stereocenters. The number of hydrogen-bond donors (Lipinski definition) is 1. The van der Waals surface area contributed by atoms with Gasteiger partial charge in [0.1, 0.15) is 12.4 Å². The van der Waals surface area contributed by atoms with Crippen LogP contribution < -0.4 is 10.2 Å². The summed E-state index contributed by atoms with van der Waals surface area (Å²) in [6.45, 7) is -0.104. The van der Waals surface area contributed by atoms with Crippen molar-refractivity contribution in [1.29, 1.82) is 0 Å². The number of ether oxygens (including phenoxy) is 1. The lowest BCUT2D eigenvalue weighted by Crippen LogP contribution is -2.58. The summed E-state index contributed by atoms with van der Waals surface area (Å²) in [6, 6.07) is 1.74. The highest BCUT2D eigenvalue weighted by atomic mass is 79.9. The normalized spacial score (nSPS) is 13.0. The molecule has 0 aliphatic carbocycles. The molecule has 0 aromatic heterocycles. The van der Waals surface area contributed by atoms with Gasteiger partial charge in [-0.15, -0.1) is 0 Å². The number of hydrazone groups is 1. The Kier molecular flexibility index (Phi) is 8.15. The first-order valence-electron chi connectivity index (χ1n) is 7.84. The van der Waals surface area contributed by atoms with E-state index in [0.717, 1.165) is 0 Å². The molecule has 2 aromatic carbocycles. The molecular formula is C17H9Br2Cl2F7N2O. The molecule has 1 N–H and O–H groups in total. The van der Waals surface area contributed by atoms with E-state index in [0.29, 0.717) is 31.2 Å². The molecule has 0 unspecified atom stereocenters. The lowest BCUT2D eigenvalue weighted by atomic mass is 10.2. The molecule has 170 valence electrons. The standard InChI is InChI=1S/C17H9Br2Cl2F7N2O/c18-10-3-9(6-29-30-17(27,28)15(22,23)16(24,25)26)14(12(19)4-10)31-7-8-1-2-11(20)5-13(8)21/h1-6,30H,7H2/b29-6-. The van der Waals surface area contributed by atoms with Crippen molar-refractivity contribution < 1.29 is 35.5 Å². The molecule has 0 radical (unpaired) electrons. The van der Waals surface area contributed by atoms with E-state index >= 15 is 0 Å². The summed E-state index contributed by atoms with van der Waals surface area (Å²) in [7, 11) is 0. The lowest BCUT2D eigenvalue weighted by Gasteiger charge is -2.27. The number of halogens is 11. The van der Waals surface area contributed by atoms with E-state index in [1.54, 1.807) is 12.1 Å². The van der Waals surface area contributed by atoms with E-state index in [9.17, 15) is 30.7 Å². The Morgan fingerprint density at radius 1 is 1.00 bits per heavy atom. The molecule has 0 aliphatic heterocycles. The fraction of sp³-hybridized carbons (Fsp3) is 0.235. The van der Waals surface area contributed by atoms with Crippen LogP contribution in [0.15, 0.2) is 44.4 Å². The Labute approximate surface area is 197 Å². The molecule has 3 nitrogen and oxygen atoms in total. The molecular weight excluding hydrogens is 612 g/mol. The van der Waals surface area contributed by atoms with Gasteiger partial charge >= 0.3 is 18.1 Å². The molecule has 0 amide bonds. The van der Waals surface area contributed by atoms with Crippen LogP contribution in [0, 0.1) is 0 Å². The highest BCUT2D eigenvalue weighted by Crippen LogP contribution is 2.45. The molecule has 31 heavy (non-hydrogen) atoms. The van der Waals surface area contributed by atoms with E-state index < -0.39 is 18.1 Å². The van der Waals surface area contributed by atoms with Gasteiger partial charge in [-0.2, -0.15) is 35.8 Å². The van der Waals surface area contributed by atoms with Crippen molar-refractivity contribution in [2.24, 2.45) is 5.10 Å². The number of rotatable bonds is 7. The van der Waals surface area contributed by atoms with Crippen molar-refractivity contribution in [1.82, 2.24) is 5.43 Å². The summed E-state index contributed by atoms with van der Waals surface area (Å²) in [5, 5.41) is 3.52. The average molecular weight is 621 g/mol. The van der Waals surface area contributed by atoms with Crippen LogP contribution in [0.4, 0.5) is 30.7 Å². The Bertz CT molecular complexity index is 988. The van der Waals surface area contributed by atoms with Crippen LogP contribution in [-0.4, -0.2) is 24.4 Å². The molecule has 2 rings (SSSR count). The van der Waals surface area contributed by atoms with Gasteiger partial charge in [-0.1, -0.05) is 45.2 Å². The summed E-state index contributed by atoms with van der Waals surface area (Å²) < 4.78 is 95.5. The lowest BCUT2D eigenvalue weighted by molar-refractivity contribution is -0.361. The van der Waals surface area contributed by atoms with Gasteiger partial charge in [-0.25, -0.2) is 5.43 Å². The van der Waals surface area contributed by atoms with E-state index in [1.165, 1.54) is 18.2 Å². The van der Waals surface area contributed by atoms with Crippen LogP contribution in [0.25, 0.3) is 0 Å². The third kappa shape index (κ3) is 6.17. The van der Waals surface area contributed by atoms with Gasteiger partial charge < -0.3 is 4.74 Å². The Morgan fingerprint density at radius 3 is 2.23 bits per heavy atom. The summed E-state index contributed by atoms with van der Waals surface area (Å²) in [5.41, 5.74) is 1.04. The predicted octanol–water partition coefficient (Wildman–Crippen LogP) is 7.81. The molecule has 2 aromatic rings. The monoisotopic (exact) mass is 618 g/mol. The van der Waals surface area contributed by atoms with Gasteiger partial charge in [0, 0.05) is 25.6 Å². The van der Waals surface area contributed by atoms with Crippen molar-refractivity contribution in [3.05, 3.63) is 60.4 Å². The van der Waals surface area contributed by atoms with E-state index in [-0.39, 0.29) is 22.9 Å². The van der Waals surface area contributed by atoms with Gasteiger partial charge in [0.25, 0.3) is 0 Å². The Morgan fingerprint density at radius 2 is 1.65 bits per heavy atom. The molecule has 0 heterocycles. The second-order valence-electron chi connectivity index (χ2n) is 5.85. The van der Waals surface area contributed by atoms with Crippen LogP contribution in [0.5, 0.6) is 5.75 Å². The van der Waals surface area contributed by atoms with Crippen molar-refractivity contribution in [3.63, 3.8) is 0 Å². The highest BCUT2D eigenvalue weighted by Gasteiger charge is 2.73. The third-order valence-corrected chi connectivity index (χ3v) is 5.22. The minimum absolute atomic E-state index is 0.0232. The molecule has 0 bridgehead atoms. The topological polar surface area (TPSA) is 33.6 Å². The maximum absolute atomic E-state index is 13.3. The van der Waals surface area contributed by atoms with Gasteiger partial charge in [-0.05, 0) is 40.2 Å². The van der Waals surface area contributed by atoms with Crippen LogP contribution in [0.3, 0.4) is 0 Å². The fourth-order valence-corrected chi connectivity index (χ4v) is 3.88. The highest BCUT2D eigenvalue weighted by molar-refractivity contribution is 9.11. The first-order chi connectivity index (χ1) is 14.2. The quantitative estimate of drug-likeness (QED) is 0.148. The summed E-state index contributed by atoms with van der Waals surface area (Å²) in [6.07, 6.45) is -5.88. The first-order valence-corrected chi connectivity index (χ1v) is 10.2. The molecule has 14 heteroatoms. The van der Waals surface area contributed by atoms with Crippen molar-refractivity contribution in [2.45, 2.75) is 24.8 Å². The smallest absolute Gasteiger partial charge is 0.462 e. The summed E-state index contributed by atoms with van der Waals surface area (Å²) in [5.74, 6) is -6.31. The summed E-state index contributed by atoms with van der Waals surface area (Å²) in [4.78, 5) is 0. The molecule has 0 fully saturated rings. The second-order valence-corrected chi connectivity index (χ2v) is 8.46. The van der Waals surface area contributed by atoms with Crippen molar-refractivity contribution >= 4 is 61.3 Å². The van der Waals surface area contributed by atoms with Crippen molar-refractivity contribution in [2.75, 3.05) is 0 Å². The fourth-order valence-electron chi connectivity index (χ4n) is 2.05. The molecule has 0 saturated heterocycles. The van der Waals surface area contributed by atoms with E-state index in [2.05, 4.69) is 37.0 Å². The minimum atomic E-state index is -6.48. The molecule has 0 saturated carbocycles. The van der Waals surface area contributed by atoms with Crippen LogP contribution in [-0.2, 0) is 6.61 Å². The zero-order valence-corrected chi connectivity index (χ0v) is 19.4. The van der Waals surface area contributed by atoms with Crippen LogP contribution >= 0.6 is 55.1 Å². The maximum atomic E-state index is 13.3. The van der Waals surface area contributed by atoms with Gasteiger partial charge in [0.15, 0.2) is 0 Å². The predicted molar refractivity (Wildman–Crippen MR) is 109 cm³/mol. The number of nitrogens with zero attached hydrogens (tertiary/aromatic N) is 1. The molecule has 0 aliphatic rings. The Hall–Kier alpha value is -1.24. The zero-order valence-electron chi connectivity index (χ0n) is 14.7. The van der Waals surface area contributed by atoms with Crippen molar-refractivity contribution in [3.8, 4) is 5.75 Å². The largest absolute Gasteiger partial charge is 0.487 e. The number of nitrogens with one attached hydrogen (secondary N) is 1. The third-order valence-electron chi connectivity index (χ3n) is 3.58. The number of hydrogen-bond acceptors (Lipinski definition) is 3. The zero-order chi connectivity index (χ0) is 23.6. The van der Waals surface area contributed by atoms with Gasteiger partial charge in [-0.3, -0.25) is 0 Å². The van der Waals surface area contributed by atoms with Crippen LogP contribution in [0.1, 0.15) is 11.1 Å². The summed E-state index contributed by atoms with van der Waals surface area (Å²) >= 11 is 18.2. The second kappa shape index (κ2) is 9.72. The molecule has 0 spiro atoms. The maximum Gasteiger partial charge on any atom is 0.462 e. The van der Waals surface area contributed by atoms with Gasteiger partial charge in [0.05, 0.1) is 10.7 Å². The first kappa shape index (κ1) is 26.0. The van der Waals surface area contributed by atoms with E-state index in [1.807, 2.05) is 0 Å². The number of alkyl halides is 7.